The summed E-state index contributed by atoms with van der Waals surface area (Å²) < 4.78 is 4.60. The molecule has 3 rings (SSSR count). The minimum absolute atomic E-state index is 0.118. The van der Waals surface area contributed by atoms with Crippen LogP contribution >= 0.6 is 0 Å². The molecule has 1 aromatic carbocycles. The maximum atomic E-state index is 13.2. The zero-order valence-corrected chi connectivity index (χ0v) is 14.9. The molecule has 1 aromatic rings. The summed E-state index contributed by atoms with van der Waals surface area (Å²) in [4.78, 5) is 50.0. The van der Waals surface area contributed by atoms with E-state index in [1.54, 1.807) is 0 Å². The lowest BCUT2D eigenvalue weighted by Crippen LogP contribution is -2.48. The number of nitroso groups, excluding NO2 is 1. The van der Waals surface area contributed by atoms with Crippen molar-refractivity contribution in [1.29, 1.82) is 0 Å². The molecule has 1 saturated heterocycles. The zero-order chi connectivity index (χ0) is 19.2. The molecule has 1 fully saturated rings. The maximum absolute atomic E-state index is 13.2. The van der Waals surface area contributed by atoms with Gasteiger partial charge in [-0.3, -0.25) is 9.59 Å². The highest BCUT2D eigenvalue weighted by molar-refractivity contribution is 6.39. The second-order valence-electron chi connectivity index (χ2n) is 6.58. The lowest BCUT2D eigenvalue weighted by Gasteiger charge is -2.26. The van der Waals surface area contributed by atoms with E-state index in [0.717, 1.165) is 21.6 Å². The van der Waals surface area contributed by atoms with Gasteiger partial charge in [-0.2, -0.15) is 0 Å². The minimum Gasteiger partial charge on any atom is -0.464 e. The molecule has 0 N–H and O–H groups in total. The molecule has 1 atom stereocenters. The lowest BCUT2D eigenvalue weighted by molar-refractivity contribution is -0.132. The van der Waals surface area contributed by atoms with Crippen molar-refractivity contribution in [3.8, 4) is 0 Å². The molecule has 0 aromatic heterocycles. The Morgan fingerprint density at radius 3 is 2.35 bits per heavy atom. The Bertz CT molecular complexity index is 855. The normalized spacial score (nSPS) is 22.2. The highest BCUT2D eigenvalue weighted by Crippen LogP contribution is 2.42. The zero-order valence-electron chi connectivity index (χ0n) is 14.9. The van der Waals surface area contributed by atoms with Crippen LogP contribution in [0, 0.1) is 25.7 Å². The number of imide groups is 1. The molecule has 2 aliphatic rings. The van der Waals surface area contributed by atoms with E-state index < -0.39 is 23.3 Å². The van der Waals surface area contributed by atoms with E-state index in [1.165, 1.54) is 7.11 Å². The summed E-state index contributed by atoms with van der Waals surface area (Å²) in [6, 6.07) is 3.74. The van der Waals surface area contributed by atoms with Crippen LogP contribution in [-0.4, -0.2) is 41.3 Å². The predicted octanol–water partition coefficient (Wildman–Crippen LogP) is 1.53. The van der Waals surface area contributed by atoms with Crippen LogP contribution in [0.1, 0.15) is 29.5 Å². The molecule has 136 valence electrons. The third-order valence-corrected chi connectivity index (χ3v) is 4.71. The van der Waals surface area contributed by atoms with Gasteiger partial charge >= 0.3 is 5.97 Å². The summed E-state index contributed by atoms with van der Waals surface area (Å²) >= 11 is 0. The SMILES string of the molecule is COC(=O)C1=NN(N=O)[C@@]2(CC(=O)N(c3c(C)cc(C)cc3C)C2=O)C1. The van der Waals surface area contributed by atoms with Crippen LogP contribution < -0.4 is 4.90 Å². The van der Waals surface area contributed by atoms with Crippen LogP contribution in [0.15, 0.2) is 22.5 Å². The molecule has 9 heteroatoms. The quantitative estimate of drug-likeness (QED) is 0.460. The van der Waals surface area contributed by atoms with Gasteiger partial charge in [-0.15, -0.1) is 15.1 Å². The molecule has 2 aliphatic heterocycles. The van der Waals surface area contributed by atoms with Crippen molar-refractivity contribution in [1.82, 2.24) is 5.12 Å². The number of benzene rings is 1. The van der Waals surface area contributed by atoms with Gasteiger partial charge in [0.1, 0.15) is 0 Å². The number of carbonyl (C=O) groups excluding carboxylic acids is 3. The van der Waals surface area contributed by atoms with Gasteiger partial charge in [0.05, 0.1) is 24.5 Å². The van der Waals surface area contributed by atoms with E-state index in [1.807, 2.05) is 32.9 Å². The Morgan fingerprint density at radius 1 is 1.19 bits per heavy atom. The number of hydrogen-bond donors (Lipinski definition) is 0. The average molecular weight is 358 g/mol. The molecular weight excluding hydrogens is 340 g/mol. The van der Waals surface area contributed by atoms with Crippen LogP contribution in [0.5, 0.6) is 0 Å². The Balaban J connectivity index is 2.05. The standard InChI is InChI=1S/C17H18N4O5/c1-9-5-10(2)14(11(3)6-9)20-13(22)8-17(16(20)24)7-12(15(23)26-4)18-21(17)19-25/h5-6H,7-8H2,1-4H3/t17-/m1/s1. The van der Waals surface area contributed by atoms with Crippen molar-refractivity contribution in [2.75, 3.05) is 12.0 Å². The summed E-state index contributed by atoms with van der Waals surface area (Å²) in [5.41, 5.74) is 1.28. The van der Waals surface area contributed by atoms with E-state index >= 15 is 0 Å². The highest BCUT2D eigenvalue weighted by atomic mass is 16.5. The number of ether oxygens (including phenoxy) is 1. The third-order valence-electron chi connectivity index (χ3n) is 4.71. The number of aryl methyl sites for hydroxylation is 3. The average Bonchev–Trinajstić information content (AvgIpc) is 3.06. The molecule has 9 nitrogen and oxygen atoms in total. The van der Waals surface area contributed by atoms with Crippen molar-refractivity contribution in [3.05, 3.63) is 33.7 Å². The number of nitrogens with zero attached hydrogens (tertiary/aromatic N) is 4. The fourth-order valence-corrected chi connectivity index (χ4v) is 3.69. The lowest BCUT2D eigenvalue weighted by atomic mass is 9.92. The number of hydrazone groups is 1. The van der Waals surface area contributed by atoms with Crippen molar-refractivity contribution >= 4 is 29.2 Å². The molecule has 0 saturated carbocycles. The van der Waals surface area contributed by atoms with E-state index in [-0.39, 0.29) is 18.6 Å². The summed E-state index contributed by atoms with van der Waals surface area (Å²) in [5, 5.41) is 7.15. The number of methoxy groups -OCH3 is 1. The Kier molecular flexibility index (Phi) is 4.09. The molecular formula is C17H18N4O5. The number of amides is 2. The summed E-state index contributed by atoms with van der Waals surface area (Å²) in [6.07, 6.45) is -0.509. The van der Waals surface area contributed by atoms with Crippen LogP contribution in [0.2, 0.25) is 0 Å². The fourth-order valence-electron chi connectivity index (χ4n) is 3.69. The first-order valence-corrected chi connectivity index (χ1v) is 7.99. The van der Waals surface area contributed by atoms with Crippen LogP contribution in [0.4, 0.5) is 5.69 Å². The number of esters is 1. The van der Waals surface area contributed by atoms with Crippen LogP contribution in [-0.2, 0) is 19.1 Å². The molecule has 0 unspecified atom stereocenters. The number of hydrogen-bond acceptors (Lipinski definition) is 7. The van der Waals surface area contributed by atoms with Gasteiger partial charge in [0, 0.05) is 6.42 Å². The number of anilines is 1. The monoisotopic (exact) mass is 358 g/mol. The van der Waals surface area contributed by atoms with Gasteiger partial charge in [-0.05, 0) is 31.9 Å². The van der Waals surface area contributed by atoms with Gasteiger partial charge in [0.15, 0.2) is 11.3 Å². The first-order valence-electron chi connectivity index (χ1n) is 7.99. The summed E-state index contributed by atoms with van der Waals surface area (Å²) in [5.74, 6) is -1.86. The highest BCUT2D eigenvalue weighted by Gasteiger charge is 2.61. The van der Waals surface area contributed by atoms with Crippen LogP contribution in [0.25, 0.3) is 0 Å². The number of carbonyl (C=O) groups is 3. The van der Waals surface area contributed by atoms with E-state index in [4.69, 9.17) is 0 Å². The first kappa shape index (κ1) is 17.7. The van der Waals surface area contributed by atoms with Gasteiger partial charge in [-0.1, -0.05) is 17.7 Å². The molecule has 0 radical (unpaired) electrons. The van der Waals surface area contributed by atoms with Gasteiger partial charge in [0.2, 0.25) is 5.91 Å². The first-order chi connectivity index (χ1) is 12.2. The molecule has 0 bridgehead atoms. The van der Waals surface area contributed by atoms with Gasteiger partial charge < -0.3 is 4.74 Å². The van der Waals surface area contributed by atoms with Crippen molar-refractivity contribution in [3.63, 3.8) is 0 Å². The maximum Gasteiger partial charge on any atom is 0.354 e. The Morgan fingerprint density at radius 2 is 1.81 bits per heavy atom. The van der Waals surface area contributed by atoms with Gasteiger partial charge in [-0.25, -0.2) is 9.69 Å². The molecule has 26 heavy (non-hydrogen) atoms. The Hall–Kier alpha value is -3.10. The molecule has 0 aliphatic carbocycles. The molecule has 1 spiro atoms. The van der Waals surface area contributed by atoms with Crippen molar-refractivity contribution in [2.24, 2.45) is 10.4 Å². The fraction of sp³-hybridized carbons (Fsp3) is 0.412. The largest absolute Gasteiger partial charge is 0.464 e. The number of rotatable bonds is 3. The summed E-state index contributed by atoms with van der Waals surface area (Å²) in [6.45, 7) is 5.54. The van der Waals surface area contributed by atoms with Crippen LogP contribution in [0.3, 0.4) is 0 Å². The van der Waals surface area contributed by atoms with E-state index in [0.29, 0.717) is 10.8 Å². The topological polar surface area (TPSA) is 109 Å². The predicted molar refractivity (Wildman–Crippen MR) is 92.2 cm³/mol. The van der Waals surface area contributed by atoms with Crippen molar-refractivity contribution < 1.29 is 19.1 Å². The van der Waals surface area contributed by atoms with E-state index in [9.17, 15) is 19.3 Å². The smallest absolute Gasteiger partial charge is 0.354 e. The minimum atomic E-state index is -1.62. The van der Waals surface area contributed by atoms with E-state index in [2.05, 4.69) is 15.1 Å². The second kappa shape index (κ2) is 6.01. The van der Waals surface area contributed by atoms with Crippen molar-refractivity contribution in [2.45, 2.75) is 39.2 Å². The molecule has 2 heterocycles. The summed E-state index contributed by atoms with van der Waals surface area (Å²) in [7, 11) is 1.17. The van der Waals surface area contributed by atoms with Gasteiger partial charge in [0.25, 0.3) is 5.91 Å². The Labute approximate surface area is 149 Å². The second-order valence-corrected chi connectivity index (χ2v) is 6.58. The molecule has 2 amide bonds. The third kappa shape index (κ3) is 2.39.